The Hall–Kier alpha value is -0.320. The molecule has 6 N–H and O–H groups in total. The van der Waals surface area contributed by atoms with Gasteiger partial charge in [0.1, 0.15) is 0 Å². The summed E-state index contributed by atoms with van der Waals surface area (Å²) in [4.78, 5) is 0. The lowest BCUT2D eigenvalue weighted by Gasteiger charge is -2.32. The smallest absolute Gasteiger partial charge is 0.0629 e. The van der Waals surface area contributed by atoms with Gasteiger partial charge in [0, 0.05) is 13.2 Å². The van der Waals surface area contributed by atoms with Crippen LogP contribution in [0, 0.1) is 22.7 Å². The maximum atomic E-state index is 9.28. The third kappa shape index (κ3) is 7.01. The van der Waals surface area contributed by atoms with Crippen molar-refractivity contribution in [1.29, 1.82) is 0 Å². The first-order chi connectivity index (χ1) is 12.5. The van der Waals surface area contributed by atoms with E-state index in [1.807, 2.05) is 0 Å². The van der Waals surface area contributed by atoms with Crippen LogP contribution < -0.4 is 0 Å². The van der Waals surface area contributed by atoms with Gasteiger partial charge in [-0.25, -0.2) is 0 Å². The van der Waals surface area contributed by atoms with Crippen LogP contribution in [0.15, 0.2) is 0 Å². The Balaban J connectivity index is 2.22. The van der Waals surface area contributed by atoms with E-state index in [1.165, 1.54) is 0 Å². The van der Waals surface area contributed by atoms with E-state index in [0.717, 1.165) is 25.7 Å². The van der Waals surface area contributed by atoms with Crippen LogP contribution in [0.4, 0.5) is 0 Å². The highest BCUT2D eigenvalue weighted by Crippen LogP contribution is 2.30. The van der Waals surface area contributed by atoms with Gasteiger partial charge in [-0.2, -0.15) is 0 Å². The molecule has 0 unspecified atom stereocenters. The third-order valence-electron chi connectivity index (χ3n) is 5.50. The van der Waals surface area contributed by atoms with E-state index < -0.39 is 10.8 Å². The van der Waals surface area contributed by atoms with Crippen molar-refractivity contribution in [1.82, 2.24) is 0 Å². The molecule has 0 atom stereocenters. The van der Waals surface area contributed by atoms with Crippen molar-refractivity contribution in [3.8, 4) is 0 Å². The van der Waals surface area contributed by atoms with Crippen molar-refractivity contribution in [3.05, 3.63) is 0 Å². The molecular formula is C18H36O8. The molecule has 26 heavy (non-hydrogen) atoms. The van der Waals surface area contributed by atoms with Crippen molar-refractivity contribution >= 4 is 0 Å². The molecule has 0 aromatic heterocycles. The summed E-state index contributed by atoms with van der Waals surface area (Å²) >= 11 is 0. The lowest BCUT2D eigenvalue weighted by atomic mass is 9.82. The molecule has 0 radical (unpaired) electrons. The van der Waals surface area contributed by atoms with E-state index in [1.54, 1.807) is 0 Å². The number of aliphatic hydroxyl groups excluding tert-OH is 6. The zero-order valence-electron chi connectivity index (χ0n) is 15.6. The molecule has 0 aromatic rings. The number of rotatable bonds is 14. The van der Waals surface area contributed by atoms with Crippen LogP contribution in [0.1, 0.15) is 25.7 Å². The normalized spacial score (nSPS) is 21.9. The lowest BCUT2D eigenvalue weighted by Crippen LogP contribution is -2.39. The van der Waals surface area contributed by atoms with Crippen LogP contribution >= 0.6 is 0 Å². The summed E-state index contributed by atoms with van der Waals surface area (Å²) in [5.41, 5.74) is -1.96. The molecule has 1 fully saturated rings. The summed E-state index contributed by atoms with van der Waals surface area (Å²) in [6.07, 6.45) is 3.96. The fraction of sp³-hybridized carbons (Fsp3) is 1.00. The fourth-order valence-corrected chi connectivity index (χ4v) is 3.02. The Kier molecular flexibility index (Phi) is 11.1. The van der Waals surface area contributed by atoms with Gasteiger partial charge in [0.25, 0.3) is 0 Å². The fourth-order valence-electron chi connectivity index (χ4n) is 3.02. The minimum Gasteiger partial charge on any atom is -0.396 e. The van der Waals surface area contributed by atoms with Crippen LogP contribution in [0.3, 0.4) is 0 Å². The van der Waals surface area contributed by atoms with Crippen molar-refractivity contribution in [2.75, 3.05) is 66.1 Å². The molecule has 156 valence electrons. The van der Waals surface area contributed by atoms with Gasteiger partial charge in [0.05, 0.1) is 63.7 Å². The second-order valence-corrected chi connectivity index (χ2v) is 7.87. The van der Waals surface area contributed by atoms with Gasteiger partial charge in [-0.15, -0.1) is 0 Å². The number of ether oxygens (including phenoxy) is 2. The van der Waals surface area contributed by atoms with Crippen molar-refractivity contribution in [2.45, 2.75) is 25.7 Å². The Labute approximate surface area is 155 Å². The van der Waals surface area contributed by atoms with Gasteiger partial charge in [-0.05, 0) is 37.5 Å². The van der Waals surface area contributed by atoms with Gasteiger partial charge < -0.3 is 40.1 Å². The number of hydrogen-bond acceptors (Lipinski definition) is 8. The molecular weight excluding hydrogens is 344 g/mol. The summed E-state index contributed by atoms with van der Waals surface area (Å²) in [6, 6.07) is 0. The van der Waals surface area contributed by atoms with Gasteiger partial charge in [0.2, 0.25) is 0 Å². The maximum absolute atomic E-state index is 9.28. The van der Waals surface area contributed by atoms with Crippen molar-refractivity contribution in [2.24, 2.45) is 22.7 Å². The molecule has 8 heteroatoms. The van der Waals surface area contributed by atoms with E-state index in [4.69, 9.17) is 9.47 Å². The first-order valence-electron chi connectivity index (χ1n) is 9.33. The summed E-state index contributed by atoms with van der Waals surface area (Å²) in [6.45, 7) is -0.571. The summed E-state index contributed by atoms with van der Waals surface area (Å²) in [5.74, 6) is 0.817. The average molecular weight is 380 g/mol. The molecule has 1 saturated carbocycles. The van der Waals surface area contributed by atoms with E-state index in [2.05, 4.69) is 0 Å². The predicted molar refractivity (Wildman–Crippen MR) is 94.5 cm³/mol. The second-order valence-electron chi connectivity index (χ2n) is 7.87. The second kappa shape index (κ2) is 12.2. The predicted octanol–water partition coefficient (Wildman–Crippen LogP) is -1.25. The standard InChI is InChI=1S/C18H36O8/c19-7-17(8-20,9-21)13-25-5-15-1-2-16(4-3-15)6-26-14-18(10-22,11-23)12-24/h15-16,19-24H,1-14H2. The molecule has 0 spiro atoms. The maximum Gasteiger partial charge on any atom is 0.0629 e. The van der Waals surface area contributed by atoms with Crippen molar-refractivity contribution < 1.29 is 40.1 Å². The summed E-state index contributed by atoms with van der Waals surface area (Å²) in [7, 11) is 0. The highest BCUT2D eigenvalue weighted by atomic mass is 16.5. The van der Waals surface area contributed by atoms with Crippen LogP contribution in [-0.2, 0) is 9.47 Å². The summed E-state index contributed by atoms with van der Waals surface area (Å²) in [5, 5.41) is 55.7. The van der Waals surface area contributed by atoms with Crippen molar-refractivity contribution in [3.63, 3.8) is 0 Å². The zero-order valence-corrected chi connectivity index (χ0v) is 15.6. The molecule has 0 aliphatic heterocycles. The minimum atomic E-state index is -0.982. The van der Waals surface area contributed by atoms with Gasteiger partial charge in [-0.1, -0.05) is 0 Å². The Morgan fingerprint density at radius 1 is 0.538 bits per heavy atom. The Bertz CT molecular complexity index is 299. The summed E-state index contributed by atoms with van der Waals surface area (Å²) < 4.78 is 11.2. The Morgan fingerprint density at radius 2 is 0.808 bits per heavy atom. The molecule has 0 amide bonds. The largest absolute Gasteiger partial charge is 0.396 e. The highest BCUT2D eigenvalue weighted by molar-refractivity contribution is 4.79. The quantitative estimate of drug-likeness (QED) is 0.220. The van der Waals surface area contributed by atoms with Gasteiger partial charge in [-0.3, -0.25) is 0 Å². The molecule has 8 nitrogen and oxygen atoms in total. The number of hydrogen-bond donors (Lipinski definition) is 6. The Morgan fingerprint density at radius 3 is 1.04 bits per heavy atom. The molecule has 0 bridgehead atoms. The van der Waals surface area contributed by atoms with Crippen LogP contribution in [-0.4, -0.2) is 96.7 Å². The topological polar surface area (TPSA) is 140 Å². The highest BCUT2D eigenvalue weighted by Gasteiger charge is 2.31. The molecule has 1 aliphatic rings. The third-order valence-corrected chi connectivity index (χ3v) is 5.50. The minimum absolute atomic E-state index is 0.130. The van der Waals surface area contributed by atoms with Crippen LogP contribution in [0.25, 0.3) is 0 Å². The SMILES string of the molecule is OCC(CO)(CO)COCC1CCC(COCC(CO)(CO)CO)CC1. The van der Waals surface area contributed by atoms with E-state index in [0.29, 0.717) is 25.0 Å². The van der Waals surface area contributed by atoms with E-state index in [9.17, 15) is 30.6 Å². The van der Waals surface area contributed by atoms with Gasteiger partial charge in [0.15, 0.2) is 0 Å². The first kappa shape index (κ1) is 23.7. The number of aliphatic hydroxyl groups is 6. The molecule has 0 heterocycles. The monoisotopic (exact) mass is 380 g/mol. The van der Waals surface area contributed by atoms with E-state index >= 15 is 0 Å². The van der Waals surface area contributed by atoms with Crippen LogP contribution in [0.5, 0.6) is 0 Å². The van der Waals surface area contributed by atoms with Crippen LogP contribution in [0.2, 0.25) is 0 Å². The molecule has 0 aromatic carbocycles. The molecule has 1 rings (SSSR count). The zero-order chi connectivity index (χ0) is 19.5. The first-order valence-corrected chi connectivity index (χ1v) is 9.33. The molecule has 0 saturated heterocycles. The molecule has 1 aliphatic carbocycles. The lowest BCUT2D eigenvalue weighted by molar-refractivity contribution is -0.0733. The van der Waals surface area contributed by atoms with E-state index in [-0.39, 0.29) is 52.9 Å². The average Bonchev–Trinajstić information content (AvgIpc) is 2.70. The van der Waals surface area contributed by atoms with Gasteiger partial charge >= 0.3 is 0 Å².